The van der Waals surface area contributed by atoms with Crippen molar-refractivity contribution >= 4 is 40.2 Å². The van der Waals surface area contributed by atoms with Crippen LogP contribution in [0.1, 0.15) is 30.1 Å². The Bertz CT molecular complexity index is 748. The molecule has 1 saturated heterocycles. The van der Waals surface area contributed by atoms with E-state index in [1.54, 1.807) is 23.9 Å². The van der Waals surface area contributed by atoms with Crippen LogP contribution in [0.4, 0.5) is 10.3 Å². The summed E-state index contributed by atoms with van der Waals surface area (Å²) in [5.41, 5.74) is 0.724. The van der Waals surface area contributed by atoms with E-state index in [0.29, 0.717) is 16.3 Å². The zero-order chi connectivity index (χ0) is 17.1. The number of halogens is 3. The highest BCUT2D eigenvalue weighted by atomic mass is 79.9. The van der Waals surface area contributed by atoms with Crippen molar-refractivity contribution in [3.05, 3.63) is 39.9 Å². The van der Waals surface area contributed by atoms with E-state index in [0.717, 1.165) is 37.3 Å². The second-order valence-electron chi connectivity index (χ2n) is 5.91. The van der Waals surface area contributed by atoms with Gasteiger partial charge < -0.3 is 5.32 Å². The molecule has 1 amide bonds. The number of aryl methyl sites for hydroxylation is 1. The highest BCUT2D eigenvalue weighted by Gasteiger charge is 2.21. The number of nitrogens with one attached hydrogen (secondary N) is 2. The van der Waals surface area contributed by atoms with Gasteiger partial charge in [0.1, 0.15) is 5.82 Å². The maximum Gasteiger partial charge on any atom is 0.231 e. The number of hydrogen-bond donors (Lipinski definition) is 2. The zero-order valence-electron chi connectivity index (χ0n) is 13.8. The molecule has 3 rings (SSSR count). The molecule has 0 unspecified atom stereocenters. The number of rotatable bonds is 4. The zero-order valence-corrected chi connectivity index (χ0v) is 16.2. The molecule has 9 heteroatoms. The number of benzene rings is 1. The summed E-state index contributed by atoms with van der Waals surface area (Å²) in [4.78, 5) is 16.7. The lowest BCUT2D eigenvalue weighted by Crippen LogP contribution is -2.27. The second-order valence-corrected chi connectivity index (χ2v) is 6.77. The molecule has 1 aliphatic rings. The summed E-state index contributed by atoms with van der Waals surface area (Å²) in [5, 5.41) is 10.5. The van der Waals surface area contributed by atoms with E-state index in [2.05, 4.69) is 36.6 Å². The van der Waals surface area contributed by atoms with E-state index in [4.69, 9.17) is 0 Å². The Morgan fingerprint density at radius 3 is 2.84 bits per heavy atom. The van der Waals surface area contributed by atoms with Gasteiger partial charge >= 0.3 is 0 Å². The molecule has 0 atom stereocenters. The Morgan fingerprint density at radius 1 is 1.44 bits per heavy atom. The van der Waals surface area contributed by atoms with Gasteiger partial charge in [-0.25, -0.2) is 9.07 Å². The van der Waals surface area contributed by atoms with Crippen molar-refractivity contribution in [3.8, 4) is 0 Å². The Kier molecular flexibility index (Phi) is 6.92. The minimum atomic E-state index is -0.348. The van der Waals surface area contributed by atoms with E-state index in [-0.39, 0.29) is 30.6 Å². The second kappa shape index (κ2) is 8.73. The van der Waals surface area contributed by atoms with Crippen LogP contribution in [0.2, 0.25) is 0 Å². The molecule has 0 spiro atoms. The van der Waals surface area contributed by atoms with Gasteiger partial charge in [-0.2, -0.15) is 10.1 Å². The van der Waals surface area contributed by atoms with Gasteiger partial charge in [-0.3, -0.25) is 10.1 Å². The fourth-order valence-electron chi connectivity index (χ4n) is 2.77. The highest BCUT2D eigenvalue weighted by Crippen LogP contribution is 2.23. The molecule has 1 aliphatic heterocycles. The molecule has 25 heavy (non-hydrogen) atoms. The van der Waals surface area contributed by atoms with Crippen LogP contribution in [0.15, 0.2) is 22.7 Å². The van der Waals surface area contributed by atoms with Crippen molar-refractivity contribution in [3.63, 3.8) is 0 Å². The van der Waals surface area contributed by atoms with E-state index in [1.165, 1.54) is 6.07 Å². The summed E-state index contributed by atoms with van der Waals surface area (Å²) in [5.74, 6) is 0.990. The maximum absolute atomic E-state index is 13.2. The van der Waals surface area contributed by atoms with Crippen LogP contribution in [-0.4, -0.2) is 33.8 Å². The number of aromatic nitrogens is 3. The third-order valence-electron chi connectivity index (χ3n) is 4.08. The fourth-order valence-corrected chi connectivity index (χ4v) is 3.20. The predicted molar refractivity (Wildman–Crippen MR) is 99.5 cm³/mol. The van der Waals surface area contributed by atoms with Crippen molar-refractivity contribution in [2.45, 2.75) is 25.2 Å². The number of hydrogen-bond acceptors (Lipinski definition) is 4. The number of anilines is 1. The lowest BCUT2D eigenvalue weighted by atomic mass is 9.98. The van der Waals surface area contributed by atoms with Gasteiger partial charge in [-0.15, -0.1) is 12.4 Å². The van der Waals surface area contributed by atoms with Gasteiger partial charge in [0, 0.05) is 13.0 Å². The average molecular weight is 433 g/mol. The SMILES string of the molecule is Cl.Cn1nc(C2CCNCC2)nc1NC(=O)Cc1ccc(F)c(Br)c1. The van der Waals surface area contributed by atoms with Gasteiger partial charge in [0.25, 0.3) is 0 Å². The molecule has 2 heterocycles. The smallest absolute Gasteiger partial charge is 0.231 e. The Balaban J connectivity index is 0.00000225. The first-order valence-electron chi connectivity index (χ1n) is 7.88. The molecule has 1 aromatic carbocycles. The Hall–Kier alpha value is -1.51. The monoisotopic (exact) mass is 431 g/mol. The number of carbonyl (C=O) groups excluding carboxylic acids is 1. The molecule has 1 fully saturated rings. The number of carbonyl (C=O) groups is 1. The van der Waals surface area contributed by atoms with Crippen molar-refractivity contribution < 1.29 is 9.18 Å². The fraction of sp³-hybridized carbons (Fsp3) is 0.438. The van der Waals surface area contributed by atoms with Crippen molar-refractivity contribution in [2.24, 2.45) is 7.05 Å². The van der Waals surface area contributed by atoms with Crippen molar-refractivity contribution in [2.75, 3.05) is 18.4 Å². The molecule has 1 aromatic heterocycles. The van der Waals surface area contributed by atoms with Crippen LogP contribution in [-0.2, 0) is 18.3 Å². The van der Waals surface area contributed by atoms with Gasteiger partial charge in [0.15, 0.2) is 5.82 Å². The molecule has 6 nitrogen and oxygen atoms in total. The summed E-state index contributed by atoms with van der Waals surface area (Å²) in [7, 11) is 1.77. The standard InChI is InChI=1S/C16H19BrFN5O.ClH/c1-23-16(21-15(22-23)11-4-6-19-7-5-11)20-14(24)9-10-2-3-13(18)12(17)8-10;/h2-3,8,11,19H,4-7,9H2,1H3,(H,20,21,22,24);1H. The lowest BCUT2D eigenvalue weighted by Gasteiger charge is -2.19. The van der Waals surface area contributed by atoms with E-state index in [9.17, 15) is 9.18 Å². The van der Waals surface area contributed by atoms with E-state index in [1.807, 2.05) is 0 Å². The van der Waals surface area contributed by atoms with Crippen molar-refractivity contribution in [1.29, 1.82) is 0 Å². The van der Waals surface area contributed by atoms with E-state index < -0.39 is 0 Å². The first-order valence-corrected chi connectivity index (χ1v) is 8.67. The molecule has 0 aliphatic carbocycles. The van der Waals surface area contributed by atoms with Gasteiger partial charge in [-0.05, 0) is 59.6 Å². The summed E-state index contributed by atoms with van der Waals surface area (Å²) in [6, 6.07) is 4.53. The quantitative estimate of drug-likeness (QED) is 0.779. The number of piperidine rings is 1. The average Bonchev–Trinajstić information content (AvgIpc) is 2.93. The van der Waals surface area contributed by atoms with Gasteiger partial charge in [0.2, 0.25) is 11.9 Å². The van der Waals surface area contributed by atoms with Crippen LogP contribution < -0.4 is 10.6 Å². The van der Waals surface area contributed by atoms with Crippen LogP contribution in [0, 0.1) is 5.82 Å². The number of nitrogens with zero attached hydrogens (tertiary/aromatic N) is 3. The summed E-state index contributed by atoms with van der Waals surface area (Å²) >= 11 is 3.12. The first-order chi connectivity index (χ1) is 11.5. The van der Waals surface area contributed by atoms with Crippen molar-refractivity contribution in [1.82, 2.24) is 20.1 Å². The predicted octanol–water partition coefficient (Wildman–Crippen LogP) is 2.79. The molecule has 2 N–H and O–H groups in total. The third-order valence-corrected chi connectivity index (χ3v) is 4.69. The minimum Gasteiger partial charge on any atom is -0.317 e. The van der Waals surface area contributed by atoms with Crippen LogP contribution in [0.5, 0.6) is 0 Å². The molecule has 0 saturated carbocycles. The third kappa shape index (κ3) is 4.99. The van der Waals surface area contributed by atoms with Crippen LogP contribution in [0.25, 0.3) is 0 Å². The van der Waals surface area contributed by atoms with E-state index >= 15 is 0 Å². The summed E-state index contributed by atoms with van der Waals surface area (Å²) < 4.78 is 15.2. The van der Waals surface area contributed by atoms with Gasteiger partial charge in [0.05, 0.1) is 10.9 Å². The normalized spacial score (nSPS) is 14.8. The summed E-state index contributed by atoms with van der Waals surface area (Å²) in [6.45, 7) is 1.92. The van der Waals surface area contributed by atoms with Crippen LogP contribution >= 0.6 is 28.3 Å². The topological polar surface area (TPSA) is 71.8 Å². The molecular weight excluding hydrogens is 413 g/mol. The Morgan fingerprint density at radius 2 is 2.16 bits per heavy atom. The first kappa shape index (κ1) is 19.8. The minimum absolute atomic E-state index is 0. The number of amides is 1. The maximum atomic E-state index is 13.2. The lowest BCUT2D eigenvalue weighted by molar-refractivity contribution is -0.115. The molecule has 0 bridgehead atoms. The molecular formula is C16H20BrClFN5O. The van der Waals surface area contributed by atoms with Gasteiger partial charge in [-0.1, -0.05) is 6.07 Å². The Labute approximate surface area is 160 Å². The van der Waals surface area contributed by atoms with Crippen LogP contribution in [0.3, 0.4) is 0 Å². The molecule has 136 valence electrons. The summed E-state index contributed by atoms with van der Waals surface area (Å²) in [6.07, 6.45) is 2.15. The molecule has 0 radical (unpaired) electrons. The highest BCUT2D eigenvalue weighted by molar-refractivity contribution is 9.10. The largest absolute Gasteiger partial charge is 0.317 e. The molecule has 2 aromatic rings.